The standard InChI is InChI=1S/C24H44O5/c1-3-4-5-6-7-8-9-10-11-12-13-14-15-16-17-18-23(28)29-24(20-26,21-27)22(2)19-25/h7-8,10-11,22,25-27H,3-6,9,12-21H2,1-2H3/b8-7-,11-10-. The minimum atomic E-state index is -1.40. The van der Waals surface area contributed by atoms with E-state index in [-0.39, 0.29) is 13.0 Å². The Morgan fingerprint density at radius 1 is 0.862 bits per heavy atom. The fraction of sp³-hybridized carbons (Fsp3) is 0.792. The topological polar surface area (TPSA) is 87.0 Å². The van der Waals surface area contributed by atoms with Crippen molar-refractivity contribution < 1.29 is 24.9 Å². The van der Waals surface area contributed by atoms with Gasteiger partial charge in [-0.3, -0.25) is 4.79 Å². The lowest BCUT2D eigenvalue weighted by molar-refractivity contribution is -0.181. The van der Waals surface area contributed by atoms with Gasteiger partial charge in [0, 0.05) is 18.9 Å². The molecular formula is C24H44O5. The highest BCUT2D eigenvalue weighted by molar-refractivity contribution is 5.70. The fourth-order valence-corrected chi connectivity index (χ4v) is 3.05. The van der Waals surface area contributed by atoms with Crippen molar-refractivity contribution in [2.75, 3.05) is 19.8 Å². The van der Waals surface area contributed by atoms with Crippen LogP contribution in [-0.4, -0.2) is 46.7 Å². The Hall–Kier alpha value is -1.17. The highest BCUT2D eigenvalue weighted by Gasteiger charge is 2.38. The van der Waals surface area contributed by atoms with Crippen molar-refractivity contribution in [3.63, 3.8) is 0 Å². The number of rotatable bonds is 19. The monoisotopic (exact) mass is 412 g/mol. The van der Waals surface area contributed by atoms with Crippen LogP contribution in [0.4, 0.5) is 0 Å². The zero-order valence-electron chi connectivity index (χ0n) is 18.7. The third kappa shape index (κ3) is 13.6. The summed E-state index contributed by atoms with van der Waals surface area (Å²) in [4.78, 5) is 12.0. The summed E-state index contributed by atoms with van der Waals surface area (Å²) in [5.41, 5.74) is -1.40. The normalized spacial score (nSPS) is 13.4. The van der Waals surface area contributed by atoms with Gasteiger partial charge in [-0.2, -0.15) is 0 Å². The van der Waals surface area contributed by atoms with Crippen LogP contribution in [0.1, 0.15) is 90.9 Å². The molecule has 5 nitrogen and oxygen atoms in total. The first-order chi connectivity index (χ1) is 14.1. The molecule has 0 radical (unpaired) electrons. The van der Waals surface area contributed by atoms with E-state index in [0.717, 1.165) is 44.9 Å². The average Bonchev–Trinajstić information content (AvgIpc) is 2.74. The number of hydrogen-bond acceptors (Lipinski definition) is 5. The van der Waals surface area contributed by atoms with Gasteiger partial charge in [0.1, 0.15) is 0 Å². The van der Waals surface area contributed by atoms with E-state index in [0.29, 0.717) is 0 Å². The largest absolute Gasteiger partial charge is 0.454 e. The average molecular weight is 413 g/mol. The van der Waals surface area contributed by atoms with Gasteiger partial charge < -0.3 is 20.1 Å². The van der Waals surface area contributed by atoms with E-state index in [1.165, 1.54) is 25.7 Å². The summed E-state index contributed by atoms with van der Waals surface area (Å²) in [6.45, 7) is 2.59. The molecule has 1 unspecified atom stereocenters. The summed E-state index contributed by atoms with van der Waals surface area (Å²) in [5.74, 6) is -0.954. The third-order valence-corrected chi connectivity index (χ3v) is 5.36. The van der Waals surface area contributed by atoms with E-state index in [9.17, 15) is 20.1 Å². The van der Waals surface area contributed by atoms with Gasteiger partial charge in [0.2, 0.25) is 0 Å². The molecule has 0 heterocycles. The van der Waals surface area contributed by atoms with Crippen molar-refractivity contribution in [1.29, 1.82) is 0 Å². The lowest BCUT2D eigenvalue weighted by Crippen LogP contribution is -2.49. The molecule has 0 aromatic heterocycles. The molecular weight excluding hydrogens is 368 g/mol. The molecule has 0 amide bonds. The molecule has 0 saturated carbocycles. The molecule has 0 aliphatic rings. The van der Waals surface area contributed by atoms with Crippen LogP contribution in [0.3, 0.4) is 0 Å². The number of esters is 1. The maximum absolute atomic E-state index is 12.0. The van der Waals surface area contributed by atoms with E-state index >= 15 is 0 Å². The number of ether oxygens (including phenoxy) is 1. The van der Waals surface area contributed by atoms with Gasteiger partial charge in [-0.1, -0.05) is 70.3 Å². The van der Waals surface area contributed by atoms with Crippen LogP contribution in [0.5, 0.6) is 0 Å². The molecule has 0 rings (SSSR count). The van der Waals surface area contributed by atoms with Crippen molar-refractivity contribution in [2.45, 2.75) is 96.5 Å². The molecule has 0 aromatic carbocycles. The van der Waals surface area contributed by atoms with Gasteiger partial charge in [0.05, 0.1) is 13.2 Å². The van der Waals surface area contributed by atoms with Crippen molar-refractivity contribution in [3.05, 3.63) is 24.3 Å². The van der Waals surface area contributed by atoms with Crippen molar-refractivity contribution in [2.24, 2.45) is 5.92 Å². The molecule has 0 aliphatic carbocycles. The van der Waals surface area contributed by atoms with E-state index < -0.39 is 30.7 Å². The number of carbonyl (C=O) groups excluding carboxylic acids is 1. The Labute approximate surface area is 177 Å². The molecule has 0 spiro atoms. The van der Waals surface area contributed by atoms with E-state index in [4.69, 9.17) is 4.74 Å². The van der Waals surface area contributed by atoms with Gasteiger partial charge in [-0.25, -0.2) is 0 Å². The smallest absolute Gasteiger partial charge is 0.306 e. The minimum absolute atomic E-state index is 0.266. The van der Waals surface area contributed by atoms with Gasteiger partial charge in [0.15, 0.2) is 5.60 Å². The van der Waals surface area contributed by atoms with Gasteiger partial charge in [-0.15, -0.1) is 0 Å². The molecule has 0 aromatic rings. The lowest BCUT2D eigenvalue weighted by Gasteiger charge is -2.34. The maximum atomic E-state index is 12.0. The highest BCUT2D eigenvalue weighted by Crippen LogP contribution is 2.22. The maximum Gasteiger partial charge on any atom is 0.306 e. The molecule has 0 bridgehead atoms. The van der Waals surface area contributed by atoms with Gasteiger partial charge in [-0.05, 0) is 38.5 Å². The number of aliphatic hydroxyl groups excluding tert-OH is 3. The summed E-state index contributed by atoms with van der Waals surface area (Å²) >= 11 is 0. The quantitative estimate of drug-likeness (QED) is 0.163. The second kappa shape index (κ2) is 18.8. The summed E-state index contributed by atoms with van der Waals surface area (Å²) < 4.78 is 5.29. The molecule has 1 atom stereocenters. The molecule has 170 valence electrons. The van der Waals surface area contributed by atoms with E-state index in [1.54, 1.807) is 6.92 Å². The van der Waals surface area contributed by atoms with Crippen LogP contribution >= 0.6 is 0 Å². The minimum Gasteiger partial charge on any atom is -0.454 e. The lowest BCUT2D eigenvalue weighted by atomic mass is 9.90. The Bertz CT molecular complexity index is 441. The first kappa shape index (κ1) is 27.8. The highest BCUT2D eigenvalue weighted by atomic mass is 16.6. The Morgan fingerprint density at radius 2 is 1.41 bits per heavy atom. The second-order valence-corrected chi connectivity index (χ2v) is 7.92. The van der Waals surface area contributed by atoms with E-state index in [1.807, 2.05) is 0 Å². The summed E-state index contributed by atoms with van der Waals surface area (Å²) in [6.07, 6.45) is 21.5. The number of aliphatic hydroxyl groups is 3. The van der Waals surface area contributed by atoms with E-state index in [2.05, 4.69) is 31.2 Å². The molecule has 3 N–H and O–H groups in total. The van der Waals surface area contributed by atoms with Crippen molar-refractivity contribution in [1.82, 2.24) is 0 Å². The van der Waals surface area contributed by atoms with Crippen LogP contribution in [0, 0.1) is 5.92 Å². The van der Waals surface area contributed by atoms with Crippen molar-refractivity contribution in [3.8, 4) is 0 Å². The summed E-state index contributed by atoms with van der Waals surface area (Å²) in [5, 5.41) is 28.2. The summed E-state index contributed by atoms with van der Waals surface area (Å²) in [7, 11) is 0. The number of unbranched alkanes of at least 4 members (excludes halogenated alkanes) is 8. The van der Waals surface area contributed by atoms with Crippen LogP contribution in [0.15, 0.2) is 24.3 Å². The SMILES string of the molecule is CCCCC/C=C\C/C=C\CCCCCCCC(=O)OC(CO)(CO)C(C)CO. The van der Waals surface area contributed by atoms with Crippen LogP contribution in [0.25, 0.3) is 0 Å². The molecule has 0 aliphatic heterocycles. The Kier molecular flexibility index (Phi) is 18.1. The van der Waals surface area contributed by atoms with Gasteiger partial charge >= 0.3 is 5.97 Å². The summed E-state index contributed by atoms with van der Waals surface area (Å²) in [6, 6.07) is 0. The molecule has 0 fully saturated rings. The fourth-order valence-electron chi connectivity index (χ4n) is 3.05. The number of hydrogen-bond donors (Lipinski definition) is 3. The molecule has 29 heavy (non-hydrogen) atoms. The third-order valence-electron chi connectivity index (χ3n) is 5.36. The first-order valence-electron chi connectivity index (χ1n) is 11.4. The second-order valence-electron chi connectivity index (χ2n) is 7.92. The Balaban J connectivity index is 3.72. The Morgan fingerprint density at radius 3 is 1.97 bits per heavy atom. The number of allylic oxidation sites excluding steroid dienone is 4. The molecule has 0 saturated heterocycles. The predicted molar refractivity (Wildman–Crippen MR) is 119 cm³/mol. The first-order valence-corrected chi connectivity index (χ1v) is 11.4. The van der Waals surface area contributed by atoms with Crippen LogP contribution in [0.2, 0.25) is 0 Å². The zero-order valence-corrected chi connectivity index (χ0v) is 18.7. The van der Waals surface area contributed by atoms with Crippen molar-refractivity contribution >= 4 is 5.97 Å². The molecule has 5 heteroatoms. The number of carbonyl (C=O) groups is 1. The van der Waals surface area contributed by atoms with Crippen LogP contribution < -0.4 is 0 Å². The predicted octanol–water partition coefficient (Wildman–Crippen LogP) is 4.69. The van der Waals surface area contributed by atoms with Gasteiger partial charge in [0.25, 0.3) is 0 Å². The van der Waals surface area contributed by atoms with Crippen LogP contribution in [-0.2, 0) is 9.53 Å². The zero-order chi connectivity index (χ0) is 21.8.